The first kappa shape index (κ1) is 17.8. The maximum atomic E-state index is 12.6. The van der Waals surface area contributed by atoms with Crippen molar-refractivity contribution in [3.8, 4) is 0 Å². The van der Waals surface area contributed by atoms with Gasteiger partial charge >= 0.3 is 12.1 Å². The molecular formula is C20H23N3O3. The molecule has 0 fully saturated rings. The molecule has 0 saturated heterocycles. The first-order valence-corrected chi connectivity index (χ1v) is 8.57. The fourth-order valence-electron chi connectivity index (χ4n) is 3.27. The van der Waals surface area contributed by atoms with Crippen LogP contribution in [0.25, 0.3) is 10.8 Å². The molecule has 1 atom stereocenters. The summed E-state index contributed by atoms with van der Waals surface area (Å²) in [4.78, 5) is 27.8. The Morgan fingerprint density at radius 1 is 1.15 bits per heavy atom. The van der Waals surface area contributed by atoms with Crippen LogP contribution in [0.2, 0.25) is 0 Å². The zero-order chi connectivity index (χ0) is 18.8. The molecule has 0 aliphatic carbocycles. The molecule has 3 amide bonds. The standard InChI is InChI=1S/C20H23N3O3/c1-5-26-19(24)21-17-13(2)22(3)20(25)23(4)18(17)16-11-10-14-8-6-7-9-15(14)12-16/h6-12,18H,5H2,1-4H3,(H,21,24). The minimum Gasteiger partial charge on any atom is -0.450 e. The van der Waals surface area contributed by atoms with Gasteiger partial charge in [0.05, 0.1) is 12.3 Å². The van der Waals surface area contributed by atoms with Gasteiger partial charge in [0.2, 0.25) is 0 Å². The lowest BCUT2D eigenvalue weighted by Crippen LogP contribution is -2.49. The number of allylic oxidation sites excluding steroid dienone is 1. The Morgan fingerprint density at radius 2 is 1.85 bits per heavy atom. The largest absolute Gasteiger partial charge is 0.450 e. The predicted octanol–water partition coefficient (Wildman–Crippen LogP) is 3.86. The molecule has 2 aromatic rings. The van der Waals surface area contributed by atoms with E-state index in [-0.39, 0.29) is 12.6 Å². The van der Waals surface area contributed by atoms with Gasteiger partial charge in [0.15, 0.2) is 0 Å². The summed E-state index contributed by atoms with van der Waals surface area (Å²) in [6, 6.07) is 13.6. The first-order chi connectivity index (χ1) is 12.4. The molecule has 0 aromatic heterocycles. The number of fused-ring (bicyclic) bond motifs is 1. The second-order valence-electron chi connectivity index (χ2n) is 6.31. The molecule has 1 unspecified atom stereocenters. The molecule has 3 rings (SSSR count). The number of amides is 3. The Balaban J connectivity index is 2.09. The molecule has 1 N–H and O–H groups in total. The molecular weight excluding hydrogens is 330 g/mol. The topological polar surface area (TPSA) is 61.9 Å². The summed E-state index contributed by atoms with van der Waals surface area (Å²) in [5.74, 6) is 0. The molecule has 1 aliphatic rings. The molecule has 1 heterocycles. The minimum absolute atomic E-state index is 0.130. The molecule has 26 heavy (non-hydrogen) atoms. The van der Waals surface area contributed by atoms with Crippen LogP contribution in [0.5, 0.6) is 0 Å². The maximum absolute atomic E-state index is 12.6. The van der Waals surface area contributed by atoms with Crippen molar-refractivity contribution in [3.05, 3.63) is 59.4 Å². The number of carbonyl (C=O) groups excluding carboxylic acids is 2. The van der Waals surface area contributed by atoms with Crippen LogP contribution in [-0.4, -0.2) is 42.6 Å². The fourth-order valence-corrected chi connectivity index (χ4v) is 3.27. The summed E-state index contributed by atoms with van der Waals surface area (Å²) in [7, 11) is 3.43. The summed E-state index contributed by atoms with van der Waals surface area (Å²) in [5.41, 5.74) is 2.27. The molecule has 2 aromatic carbocycles. The average molecular weight is 353 g/mol. The number of likely N-dealkylation sites (N-methyl/N-ethyl adjacent to an activating group) is 1. The van der Waals surface area contributed by atoms with Crippen molar-refractivity contribution >= 4 is 22.9 Å². The number of nitrogens with zero attached hydrogens (tertiary/aromatic N) is 2. The van der Waals surface area contributed by atoms with E-state index < -0.39 is 12.1 Å². The summed E-state index contributed by atoms with van der Waals surface area (Å²) in [5, 5.41) is 5.04. The van der Waals surface area contributed by atoms with Gasteiger partial charge in [0.25, 0.3) is 0 Å². The van der Waals surface area contributed by atoms with Crippen LogP contribution < -0.4 is 5.32 Å². The Hall–Kier alpha value is -3.02. The van der Waals surface area contributed by atoms with Crippen molar-refractivity contribution in [2.24, 2.45) is 0 Å². The quantitative estimate of drug-likeness (QED) is 0.911. The van der Waals surface area contributed by atoms with Gasteiger partial charge in [-0.25, -0.2) is 9.59 Å². The Kier molecular flexibility index (Phi) is 4.84. The highest BCUT2D eigenvalue weighted by Crippen LogP contribution is 2.35. The number of nitrogens with one attached hydrogen (secondary N) is 1. The Labute approximate surface area is 153 Å². The average Bonchev–Trinajstić information content (AvgIpc) is 2.64. The van der Waals surface area contributed by atoms with Crippen molar-refractivity contribution in [2.45, 2.75) is 19.9 Å². The maximum Gasteiger partial charge on any atom is 0.411 e. The van der Waals surface area contributed by atoms with Crippen molar-refractivity contribution in [2.75, 3.05) is 20.7 Å². The van der Waals surface area contributed by atoms with Crippen LogP contribution >= 0.6 is 0 Å². The molecule has 0 bridgehead atoms. The number of alkyl carbamates (subject to hydrolysis) is 1. The third-order valence-electron chi connectivity index (χ3n) is 4.74. The van der Waals surface area contributed by atoms with Crippen LogP contribution in [0.1, 0.15) is 25.5 Å². The molecule has 6 nitrogen and oxygen atoms in total. The highest BCUT2D eigenvalue weighted by atomic mass is 16.5. The Bertz CT molecular complexity index is 891. The van der Waals surface area contributed by atoms with Gasteiger partial charge in [-0.15, -0.1) is 0 Å². The Morgan fingerprint density at radius 3 is 2.54 bits per heavy atom. The van der Waals surface area contributed by atoms with E-state index in [9.17, 15) is 9.59 Å². The van der Waals surface area contributed by atoms with Crippen LogP contribution in [0, 0.1) is 0 Å². The zero-order valence-electron chi connectivity index (χ0n) is 15.4. The summed E-state index contributed by atoms with van der Waals surface area (Å²) in [6.45, 7) is 3.86. The summed E-state index contributed by atoms with van der Waals surface area (Å²) in [6.07, 6.45) is -0.524. The van der Waals surface area contributed by atoms with Crippen LogP contribution in [0.4, 0.5) is 9.59 Å². The number of carbonyl (C=O) groups is 2. The van der Waals surface area contributed by atoms with E-state index in [0.717, 1.165) is 16.3 Å². The normalized spacial score (nSPS) is 17.7. The second kappa shape index (κ2) is 7.07. The van der Waals surface area contributed by atoms with E-state index in [1.165, 1.54) is 4.90 Å². The van der Waals surface area contributed by atoms with E-state index >= 15 is 0 Å². The minimum atomic E-state index is -0.524. The highest BCUT2D eigenvalue weighted by molar-refractivity contribution is 5.84. The first-order valence-electron chi connectivity index (χ1n) is 8.57. The van der Waals surface area contributed by atoms with Gasteiger partial charge in [-0.2, -0.15) is 0 Å². The van der Waals surface area contributed by atoms with Gasteiger partial charge < -0.3 is 9.64 Å². The molecule has 0 spiro atoms. The molecule has 136 valence electrons. The van der Waals surface area contributed by atoms with Crippen molar-refractivity contribution in [1.82, 2.24) is 15.1 Å². The third kappa shape index (κ3) is 3.10. The summed E-state index contributed by atoms with van der Waals surface area (Å²) >= 11 is 0. The van der Waals surface area contributed by atoms with Crippen LogP contribution in [-0.2, 0) is 4.74 Å². The number of urea groups is 1. The van der Waals surface area contributed by atoms with Crippen LogP contribution in [0.3, 0.4) is 0 Å². The van der Waals surface area contributed by atoms with Crippen molar-refractivity contribution < 1.29 is 14.3 Å². The monoisotopic (exact) mass is 353 g/mol. The van der Waals surface area contributed by atoms with E-state index in [2.05, 4.69) is 11.4 Å². The third-order valence-corrected chi connectivity index (χ3v) is 4.74. The smallest absolute Gasteiger partial charge is 0.411 e. The van der Waals surface area contributed by atoms with Crippen molar-refractivity contribution in [3.63, 3.8) is 0 Å². The van der Waals surface area contributed by atoms with E-state index in [4.69, 9.17) is 4.74 Å². The van der Waals surface area contributed by atoms with Crippen molar-refractivity contribution in [1.29, 1.82) is 0 Å². The zero-order valence-corrected chi connectivity index (χ0v) is 15.4. The highest BCUT2D eigenvalue weighted by Gasteiger charge is 2.36. The van der Waals surface area contributed by atoms with Gasteiger partial charge in [-0.3, -0.25) is 10.2 Å². The van der Waals surface area contributed by atoms with Gasteiger partial charge in [0, 0.05) is 19.8 Å². The molecule has 0 radical (unpaired) electrons. The van der Waals surface area contributed by atoms with Gasteiger partial charge in [0.1, 0.15) is 6.04 Å². The molecule has 1 aliphatic heterocycles. The number of rotatable bonds is 3. The SMILES string of the molecule is CCOC(=O)NC1=C(C)N(C)C(=O)N(C)C1c1ccc2ccccc2c1. The van der Waals surface area contributed by atoms with E-state index in [1.807, 2.05) is 43.3 Å². The molecule has 6 heteroatoms. The predicted molar refractivity (Wildman–Crippen MR) is 100 cm³/mol. The van der Waals surface area contributed by atoms with E-state index in [1.54, 1.807) is 25.9 Å². The number of hydrogen-bond acceptors (Lipinski definition) is 3. The lowest BCUT2D eigenvalue weighted by Gasteiger charge is -2.40. The lowest BCUT2D eigenvalue weighted by molar-refractivity contribution is 0.142. The van der Waals surface area contributed by atoms with Gasteiger partial charge in [-0.05, 0) is 36.2 Å². The number of ether oxygens (including phenoxy) is 1. The molecule has 0 saturated carbocycles. The van der Waals surface area contributed by atoms with Crippen LogP contribution in [0.15, 0.2) is 53.9 Å². The fraction of sp³-hybridized carbons (Fsp3) is 0.300. The van der Waals surface area contributed by atoms with Gasteiger partial charge in [-0.1, -0.05) is 36.4 Å². The van der Waals surface area contributed by atoms with E-state index in [0.29, 0.717) is 11.4 Å². The number of hydrogen-bond donors (Lipinski definition) is 1. The lowest BCUT2D eigenvalue weighted by atomic mass is 9.96. The number of benzene rings is 2. The summed E-state index contributed by atoms with van der Waals surface area (Å²) < 4.78 is 5.04. The second-order valence-corrected chi connectivity index (χ2v) is 6.31.